The lowest BCUT2D eigenvalue weighted by Crippen LogP contribution is -2.56. The van der Waals surface area contributed by atoms with Crippen molar-refractivity contribution in [2.75, 3.05) is 35.0 Å². The molecule has 4 rings (SSSR count). The number of benzene rings is 2. The molecular weight excluding hydrogens is 1200 g/mol. The minimum Gasteiger partial charge on any atom is -0.508 e. The standard InChI is InChI=1S/C72H103N7O15/c1-45-40-51(80)41-46(2)54(45)44-57(79-71(89)56(35-26-27-36-59(73)74)77-61(83)38-25-18-14-10-12-16-23-33-53-48(4)63(85)67(92-6)69(94-8)65(53)87)72(90)78-55(58(81)43-50(70(75)88)42-49-30-20-19-21-31-49)34-28-29-39-76-60(82)37-24-17-13-9-11-15-22-32-52-47(3)62(84)66(91-5)68(93-7)64(52)86/h19-21,30-31,40-41,50,55-57,80H,9-18,22-29,32-39,42-44H2,1-8H3,(H3,73,74)(H2,75,88)(H,76,82)(H,77,83)(H,78,90)(H,79,89)/t50-,55+,56-,57+/m1/s1. The van der Waals surface area contributed by atoms with E-state index in [9.17, 15) is 53.1 Å². The lowest BCUT2D eigenvalue weighted by molar-refractivity contribution is -0.134. The quantitative estimate of drug-likeness (QED) is 0.0132. The van der Waals surface area contributed by atoms with Crippen LogP contribution in [-0.4, -0.2) is 123 Å². The van der Waals surface area contributed by atoms with E-state index in [1.165, 1.54) is 28.4 Å². The number of allylic oxidation sites excluding steroid dienone is 4. The molecule has 0 fully saturated rings. The number of amidine groups is 1. The number of aromatic hydroxyl groups is 1. The van der Waals surface area contributed by atoms with Gasteiger partial charge in [-0.05, 0) is 139 Å². The van der Waals surface area contributed by atoms with E-state index >= 15 is 0 Å². The first kappa shape index (κ1) is 78.0. The molecule has 0 bridgehead atoms. The Morgan fingerprint density at radius 2 is 0.926 bits per heavy atom. The predicted octanol–water partition coefficient (Wildman–Crippen LogP) is 9.06. The van der Waals surface area contributed by atoms with E-state index in [2.05, 4.69) is 21.3 Å². The van der Waals surface area contributed by atoms with E-state index in [1.54, 1.807) is 39.8 Å². The second-order valence-corrected chi connectivity index (χ2v) is 24.7. The van der Waals surface area contributed by atoms with E-state index in [0.29, 0.717) is 110 Å². The number of hydrogen-bond donors (Lipinski definition) is 8. The molecule has 0 radical (unpaired) electrons. The molecule has 4 atom stereocenters. The third-order valence-electron chi connectivity index (χ3n) is 17.5. The van der Waals surface area contributed by atoms with Crippen molar-refractivity contribution < 1.29 is 72.0 Å². The summed E-state index contributed by atoms with van der Waals surface area (Å²) in [4.78, 5) is 135. The van der Waals surface area contributed by atoms with E-state index in [1.807, 2.05) is 30.3 Å². The van der Waals surface area contributed by atoms with Gasteiger partial charge in [0.2, 0.25) is 75.7 Å². The summed E-state index contributed by atoms with van der Waals surface area (Å²) in [6.07, 6.45) is 14.9. The van der Waals surface area contributed by atoms with Gasteiger partial charge in [-0.1, -0.05) is 101 Å². The van der Waals surface area contributed by atoms with Crippen molar-refractivity contribution in [2.45, 2.75) is 226 Å². The molecule has 516 valence electrons. The van der Waals surface area contributed by atoms with E-state index in [4.69, 9.17) is 35.8 Å². The fourth-order valence-corrected chi connectivity index (χ4v) is 12.0. The Kier molecular flexibility index (Phi) is 34.3. The fourth-order valence-electron chi connectivity index (χ4n) is 12.0. The highest BCUT2D eigenvalue weighted by atomic mass is 16.5. The third-order valence-corrected chi connectivity index (χ3v) is 17.5. The number of Topliss-reactive ketones (excluding diaryl/α,β-unsaturated/α-hetero) is 5. The topological polar surface area (TPSA) is 352 Å². The maximum absolute atomic E-state index is 14.9. The minimum atomic E-state index is -1.30. The molecule has 2 aromatic carbocycles. The van der Waals surface area contributed by atoms with Gasteiger partial charge < -0.3 is 56.8 Å². The monoisotopic (exact) mass is 1310 g/mol. The lowest BCUT2D eigenvalue weighted by Gasteiger charge is -2.27. The van der Waals surface area contributed by atoms with Crippen LogP contribution in [-0.2, 0) is 79.7 Å². The molecule has 2 aliphatic carbocycles. The van der Waals surface area contributed by atoms with Crippen LogP contribution >= 0.6 is 0 Å². The Hall–Kier alpha value is -8.43. The zero-order valence-electron chi connectivity index (χ0n) is 56.7. The van der Waals surface area contributed by atoms with Crippen molar-refractivity contribution >= 4 is 64.3 Å². The molecule has 2 aromatic rings. The number of amides is 5. The zero-order valence-corrected chi connectivity index (χ0v) is 56.7. The number of phenolic OH excluding ortho intramolecular Hbond substituents is 1. The van der Waals surface area contributed by atoms with Crippen molar-refractivity contribution in [1.82, 2.24) is 21.3 Å². The second kappa shape index (κ2) is 41.3. The van der Waals surface area contributed by atoms with Crippen LogP contribution < -0.4 is 32.7 Å². The van der Waals surface area contributed by atoms with Crippen LogP contribution in [0.5, 0.6) is 5.75 Å². The van der Waals surface area contributed by atoms with Crippen LogP contribution in [0.4, 0.5) is 0 Å². The number of carbonyl (C=O) groups is 10. The Morgan fingerprint density at radius 1 is 0.500 bits per heavy atom. The summed E-state index contributed by atoms with van der Waals surface area (Å²) in [5.74, 6) is -5.52. The molecule has 0 unspecified atom stereocenters. The molecule has 0 saturated heterocycles. The average molecular weight is 1310 g/mol. The van der Waals surface area contributed by atoms with E-state index < -0.39 is 47.5 Å². The molecule has 0 aromatic heterocycles. The molecule has 5 amide bonds. The maximum atomic E-state index is 14.9. The van der Waals surface area contributed by atoms with Gasteiger partial charge in [0.15, 0.2) is 5.78 Å². The van der Waals surface area contributed by atoms with Crippen molar-refractivity contribution in [1.29, 1.82) is 5.41 Å². The highest BCUT2D eigenvalue weighted by Crippen LogP contribution is 2.31. The summed E-state index contributed by atoms with van der Waals surface area (Å²) in [5.41, 5.74) is 15.9. The molecule has 0 spiro atoms. The van der Waals surface area contributed by atoms with Gasteiger partial charge in [-0.3, -0.25) is 53.4 Å². The number of carbonyl (C=O) groups excluding carboxylic acids is 10. The summed E-state index contributed by atoms with van der Waals surface area (Å²) in [7, 11) is 5.34. The van der Waals surface area contributed by atoms with Crippen molar-refractivity contribution in [2.24, 2.45) is 17.4 Å². The number of ether oxygens (including phenoxy) is 4. The summed E-state index contributed by atoms with van der Waals surface area (Å²) >= 11 is 0. The predicted molar refractivity (Wildman–Crippen MR) is 357 cm³/mol. The van der Waals surface area contributed by atoms with Crippen molar-refractivity contribution in [3.05, 3.63) is 110 Å². The van der Waals surface area contributed by atoms with Crippen molar-refractivity contribution in [3.8, 4) is 5.75 Å². The van der Waals surface area contributed by atoms with Gasteiger partial charge in [0.05, 0.1) is 40.3 Å². The average Bonchev–Trinajstić information content (AvgIpc) is 0.808. The van der Waals surface area contributed by atoms with Crippen LogP contribution in [0, 0.1) is 25.2 Å². The Labute approximate surface area is 554 Å². The summed E-state index contributed by atoms with van der Waals surface area (Å²) < 4.78 is 20.6. The number of nitrogens with one attached hydrogen (secondary N) is 5. The molecule has 10 N–H and O–H groups in total. The van der Waals surface area contributed by atoms with Gasteiger partial charge in [-0.15, -0.1) is 0 Å². The van der Waals surface area contributed by atoms with E-state index in [-0.39, 0.29) is 115 Å². The first-order valence-electron chi connectivity index (χ1n) is 33.4. The molecule has 0 heterocycles. The first-order valence-corrected chi connectivity index (χ1v) is 33.4. The van der Waals surface area contributed by atoms with Gasteiger partial charge in [-0.2, -0.15) is 0 Å². The van der Waals surface area contributed by atoms with Gasteiger partial charge in [0.25, 0.3) is 0 Å². The molecule has 0 aliphatic heterocycles. The van der Waals surface area contributed by atoms with Crippen LogP contribution in [0.15, 0.2) is 87.8 Å². The maximum Gasteiger partial charge on any atom is 0.243 e. The SMILES string of the molecule is COC1=C(OC)C(=O)C(CCCCCCCCCC(=O)NCCCC[C@H](NC(=O)[C@H](Cc2c(C)cc(O)cc2C)NC(=O)[C@@H](CCCCC(=N)N)NC(=O)CCCCCCCCCC2=C(C)C(=O)C(OC)=C(OC)C2=O)C(=O)C[C@@H](Cc2ccccc2)C(N)=O)=C(C)C1=O. The highest BCUT2D eigenvalue weighted by Gasteiger charge is 2.37. The number of aryl methyl sites for hydroxylation is 2. The number of primary amides is 1. The number of hydrogen-bond acceptors (Lipinski definition) is 16. The molecule has 22 nitrogen and oxygen atoms in total. The summed E-state index contributed by atoms with van der Waals surface area (Å²) in [6, 6.07) is 8.70. The van der Waals surface area contributed by atoms with Crippen LogP contribution in [0.3, 0.4) is 0 Å². The third kappa shape index (κ3) is 25.1. The Balaban J connectivity index is 1.37. The zero-order chi connectivity index (χ0) is 69.3. The molecule has 22 heteroatoms. The largest absolute Gasteiger partial charge is 0.508 e. The lowest BCUT2D eigenvalue weighted by atomic mass is 9.89. The Bertz CT molecular complexity index is 3100. The summed E-state index contributed by atoms with van der Waals surface area (Å²) in [6.45, 7) is 7.11. The van der Waals surface area contributed by atoms with E-state index in [0.717, 1.165) is 76.2 Å². The smallest absolute Gasteiger partial charge is 0.243 e. The van der Waals surface area contributed by atoms with Crippen LogP contribution in [0.2, 0.25) is 0 Å². The molecular formula is C72H103N7O15. The number of phenols is 1. The van der Waals surface area contributed by atoms with Crippen LogP contribution in [0.1, 0.15) is 203 Å². The molecule has 2 aliphatic rings. The van der Waals surface area contributed by atoms with Gasteiger partial charge in [-0.25, -0.2) is 0 Å². The minimum absolute atomic E-state index is 0.0128. The van der Waals surface area contributed by atoms with Crippen molar-refractivity contribution in [3.63, 3.8) is 0 Å². The molecule has 0 saturated carbocycles. The second-order valence-electron chi connectivity index (χ2n) is 24.7. The van der Waals surface area contributed by atoms with Crippen LogP contribution in [0.25, 0.3) is 0 Å². The van der Waals surface area contributed by atoms with Gasteiger partial charge >= 0.3 is 0 Å². The fraction of sp³-hybridized carbons (Fsp3) is 0.569. The molecule has 94 heavy (non-hydrogen) atoms. The number of nitrogens with two attached hydrogens (primary N) is 2. The first-order chi connectivity index (χ1) is 45.0. The number of rotatable bonds is 47. The number of unbranched alkanes of at least 4 members (excludes halogenated alkanes) is 14. The number of methoxy groups -OCH3 is 4. The highest BCUT2D eigenvalue weighted by molar-refractivity contribution is 6.24. The Morgan fingerprint density at radius 3 is 1.41 bits per heavy atom. The van der Waals surface area contributed by atoms with Gasteiger partial charge in [0.1, 0.15) is 17.8 Å². The normalized spacial score (nSPS) is 14.7. The van der Waals surface area contributed by atoms with Gasteiger partial charge in [0, 0.05) is 66.9 Å². The number of ketones is 5. The summed E-state index contributed by atoms with van der Waals surface area (Å²) in [5, 5.41) is 29.9.